The Bertz CT molecular complexity index is 1140. The zero-order chi connectivity index (χ0) is 24.0. The van der Waals surface area contributed by atoms with Crippen LogP contribution in [0.1, 0.15) is 41.8 Å². The summed E-state index contributed by atoms with van der Waals surface area (Å²) in [6.45, 7) is 5.43. The van der Waals surface area contributed by atoms with Gasteiger partial charge in [0.2, 0.25) is 5.91 Å². The average molecular weight is 470 g/mol. The lowest BCUT2D eigenvalue weighted by atomic mass is 9.95. The molecule has 0 aliphatic carbocycles. The molecule has 8 rings (SSSR count). The van der Waals surface area contributed by atoms with E-state index in [9.17, 15) is 4.79 Å². The van der Waals surface area contributed by atoms with Gasteiger partial charge in [0.1, 0.15) is 5.82 Å². The molecule has 0 saturated carbocycles. The van der Waals surface area contributed by atoms with E-state index in [-0.39, 0.29) is 11.8 Å². The molecule has 1 fully saturated rings. The van der Waals surface area contributed by atoms with E-state index in [0.29, 0.717) is 6.42 Å². The van der Waals surface area contributed by atoms with Gasteiger partial charge in [0, 0.05) is 43.7 Å². The van der Waals surface area contributed by atoms with Crippen LogP contribution in [0, 0.1) is 5.92 Å². The maximum absolute atomic E-state index is 12.7. The molecule has 1 aromatic heterocycles. The molecule has 6 nitrogen and oxygen atoms in total. The molecule has 6 heterocycles. The highest BCUT2D eigenvalue weighted by molar-refractivity contribution is 5.78. The SMILES string of the molecule is CN1CCCNC(=O)C2CCN(CC2)Cc2cccc(c2)Cc2nccc(n2)-c2ccc(cc2)C1. The molecule has 35 heavy (non-hydrogen) atoms. The summed E-state index contributed by atoms with van der Waals surface area (Å²) in [7, 11) is 2.14. The number of nitrogens with one attached hydrogen (secondary N) is 1. The first-order chi connectivity index (χ1) is 17.1. The molecule has 182 valence electrons. The van der Waals surface area contributed by atoms with Gasteiger partial charge in [-0.3, -0.25) is 9.69 Å². The number of amides is 1. The number of benzene rings is 2. The van der Waals surface area contributed by atoms with Crippen LogP contribution in [0.3, 0.4) is 0 Å². The number of piperidine rings is 1. The third-order valence-electron chi connectivity index (χ3n) is 7.14. The topological polar surface area (TPSA) is 61.4 Å². The molecule has 1 N–H and O–H groups in total. The molecule has 1 amide bonds. The Hall–Kier alpha value is -3.09. The number of aromatic nitrogens is 2. The quantitative estimate of drug-likeness (QED) is 0.541. The zero-order valence-corrected chi connectivity index (χ0v) is 20.6. The number of hydrogen-bond acceptors (Lipinski definition) is 5. The van der Waals surface area contributed by atoms with Gasteiger partial charge in [-0.05, 0) is 68.7 Å². The Kier molecular flexibility index (Phi) is 7.50. The lowest BCUT2D eigenvalue weighted by Gasteiger charge is -2.31. The number of hydrogen-bond donors (Lipinski definition) is 1. The van der Waals surface area contributed by atoms with Gasteiger partial charge in [0.25, 0.3) is 0 Å². The van der Waals surface area contributed by atoms with Gasteiger partial charge in [-0.2, -0.15) is 0 Å². The molecule has 6 heteroatoms. The van der Waals surface area contributed by atoms with Crippen molar-refractivity contribution in [3.05, 3.63) is 83.3 Å². The van der Waals surface area contributed by atoms with Gasteiger partial charge < -0.3 is 10.2 Å². The van der Waals surface area contributed by atoms with Crippen molar-refractivity contribution in [2.75, 3.05) is 33.2 Å². The van der Waals surface area contributed by atoms with Crippen LogP contribution < -0.4 is 5.32 Å². The molecule has 0 spiro atoms. The third kappa shape index (κ3) is 6.32. The summed E-state index contributed by atoms with van der Waals surface area (Å²) in [4.78, 5) is 26.9. The Morgan fingerprint density at radius 3 is 2.54 bits per heavy atom. The van der Waals surface area contributed by atoms with Crippen LogP contribution in [0.15, 0.2) is 60.8 Å². The van der Waals surface area contributed by atoms with Crippen LogP contribution in [0.2, 0.25) is 0 Å². The third-order valence-corrected chi connectivity index (χ3v) is 7.14. The molecule has 0 unspecified atom stereocenters. The lowest BCUT2D eigenvalue weighted by Crippen LogP contribution is -2.40. The summed E-state index contributed by atoms with van der Waals surface area (Å²) in [5.41, 5.74) is 5.88. The van der Waals surface area contributed by atoms with Gasteiger partial charge >= 0.3 is 0 Å². The minimum Gasteiger partial charge on any atom is -0.356 e. The maximum atomic E-state index is 12.7. The minimum atomic E-state index is 0.139. The summed E-state index contributed by atoms with van der Waals surface area (Å²) in [5, 5.41) is 3.18. The highest BCUT2D eigenvalue weighted by atomic mass is 16.1. The van der Waals surface area contributed by atoms with Crippen LogP contribution in [-0.2, 0) is 24.3 Å². The lowest BCUT2D eigenvalue weighted by molar-refractivity contribution is -0.126. The average Bonchev–Trinajstić information content (AvgIpc) is 2.87. The van der Waals surface area contributed by atoms with Crippen molar-refractivity contribution in [1.29, 1.82) is 0 Å². The second-order valence-corrected chi connectivity index (χ2v) is 9.98. The molecule has 3 aromatic rings. The normalized spacial score (nSPS) is 22.0. The summed E-state index contributed by atoms with van der Waals surface area (Å²) in [5.74, 6) is 1.21. The standard InChI is InChI=1S/C29H35N5O/c1-33-15-3-13-31-29(35)26-11-16-34(17-12-26)21-24-5-2-4-23(18-24)19-28-30-14-10-27(32-28)25-8-6-22(20-33)7-9-25/h2,4-10,14,18,26H,3,11-13,15-17,19-21H2,1H3,(H,31,35). The van der Waals surface area contributed by atoms with Crippen molar-refractivity contribution >= 4 is 5.91 Å². The molecular weight excluding hydrogens is 434 g/mol. The fraction of sp³-hybridized carbons (Fsp3) is 0.414. The van der Waals surface area contributed by atoms with Crippen LogP contribution >= 0.6 is 0 Å². The Morgan fingerprint density at radius 2 is 1.71 bits per heavy atom. The van der Waals surface area contributed by atoms with Crippen LogP contribution in [-0.4, -0.2) is 58.9 Å². The summed E-state index contributed by atoms with van der Waals surface area (Å²) >= 11 is 0. The number of carbonyl (C=O) groups is 1. The number of rotatable bonds is 0. The molecular formula is C29H35N5O. The highest BCUT2D eigenvalue weighted by Crippen LogP contribution is 2.21. The van der Waals surface area contributed by atoms with E-state index in [0.717, 1.165) is 75.6 Å². The predicted molar refractivity (Wildman–Crippen MR) is 139 cm³/mol. The van der Waals surface area contributed by atoms with E-state index in [1.807, 2.05) is 12.3 Å². The van der Waals surface area contributed by atoms with Crippen LogP contribution in [0.4, 0.5) is 0 Å². The molecule has 2 aromatic carbocycles. The van der Waals surface area contributed by atoms with E-state index in [1.54, 1.807) is 0 Å². The fourth-order valence-corrected chi connectivity index (χ4v) is 5.15. The van der Waals surface area contributed by atoms with E-state index < -0.39 is 0 Å². The second kappa shape index (κ2) is 11.1. The van der Waals surface area contributed by atoms with Crippen molar-refractivity contribution in [2.24, 2.45) is 5.92 Å². The predicted octanol–water partition coefficient (Wildman–Crippen LogP) is 3.90. The first-order valence-electron chi connectivity index (χ1n) is 12.8. The Morgan fingerprint density at radius 1 is 0.914 bits per heavy atom. The number of carbonyl (C=O) groups excluding carboxylic acids is 1. The van der Waals surface area contributed by atoms with Gasteiger partial charge in [0.05, 0.1) is 5.69 Å². The monoisotopic (exact) mass is 469 g/mol. The van der Waals surface area contributed by atoms with Crippen molar-refractivity contribution in [3.8, 4) is 11.3 Å². The first kappa shape index (κ1) is 23.6. The highest BCUT2D eigenvalue weighted by Gasteiger charge is 2.24. The maximum Gasteiger partial charge on any atom is 0.223 e. The largest absolute Gasteiger partial charge is 0.356 e. The van der Waals surface area contributed by atoms with Gasteiger partial charge in [0.15, 0.2) is 0 Å². The van der Waals surface area contributed by atoms with E-state index in [2.05, 4.69) is 75.7 Å². The van der Waals surface area contributed by atoms with Gasteiger partial charge in [-0.25, -0.2) is 9.97 Å². The Labute approximate surface area is 208 Å². The fourth-order valence-electron chi connectivity index (χ4n) is 5.15. The molecule has 8 bridgehead atoms. The van der Waals surface area contributed by atoms with E-state index in [4.69, 9.17) is 4.98 Å². The van der Waals surface area contributed by atoms with E-state index >= 15 is 0 Å². The first-order valence-corrected chi connectivity index (χ1v) is 12.8. The van der Waals surface area contributed by atoms with Crippen molar-refractivity contribution in [1.82, 2.24) is 25.1 Å². The summed E-state index contributed by atoms with van der Waals surface area (Å²) < 4.78 is 0. The Balaban J connectivity index is 1.37. The number of nitrogens with zero attached hydrogens (tertiary/aromatic N) is 4. The van der Waals surface area contributed by atoms with Crippen LogP contribution in [0.5, 0.6) is 0 Å². The summed E-state index contributed by atoms with van der Waals surface area (Å²) in [6.07, 6.45) is 5.40. The van der Waals surface area contributed by atoms with E-state index in [1.165, 1.54) is 16.7 Å². The van der Waals surface area contributed by atoms with Crippen molar-refractivity contribution in [3.63, 3.8) is 0 Å². The minimum absolute atomic E-state index is 0.139. The molecule has 5 aliphatic rings. The van der Waals surface area contributed by atoms with Crippen molar-refractivity contribution in [2.45, 2.75) is 38.8 Å². The molecule has 1 saturated heterocycles. The molecule has 0 atom stereocenters. The van der Waals surface area contributed by atoms with Crippen LogP contribution in [0.25, 0.3) is 11.3 Å². The van der Waals surface area contributed by atoms with Gasteiger partial charge in [-0.1, -0.05) is 48.5 Å². The smallest absolute Gasteiger partial charge is 0.223 e. The molecule has 0 radical (unpaired) electrons. The molecule has 5 aliphatic heterocycles. The van der Waals surface area contributed by atoms with Crippen molar-refractivity contribution < 1.29 is 4.79 Å². The van der Waals surface area contributed by atoms with Gasteiger partial charge in [-0.15, -0.1) is 0 Å². The summed E-state index contributed by atoms with van der Waals surface area (Å²) in [6, 6.07) is 19.4. The second-order valence-electron chi connectivity index (χ2n) is 9.98. The zero-order valence-electron chi connectivity index (χ0n) is 20.6.